The molecule has 2 amide bonds. The maximum Gasteiger partial charge on any atom is 0.251 e. The van der Waals surface area contributed by atoms with Crippen molar-refractivity contribution in [1.29, 1.82) is 0 Å². The van der Waals surface area contributed by atoms with E-state index in [0.29, 0.717) is 5.56 Å². The molecule has 2 atom stereocenters. The van der Waals surface area contributed by atoms with Crippen LogP contribution in [0.1, 0.15) is 55.3 Å². The van der Waals surface area contributed by atoms with Gasteiger partial charge in [0.25, 0.3) is 5.91 Å². The SMILES string of the molecule is O=C(NC1CCCCCC1CO)c1ccc(NC(=O)C2CC2)cc1. The third-order valence-corrected chi connectivity index (χ3v) is 5.07. The Morgan fingerprint density at radius 2 is 1.71 bits per heavy atom. The van der Waals surface area contributed by atoms with E-state index >= 15 is 0 Å². The molecule has 2 aliphatic carbocycles. The highest BCUT2D eigenvalue weighted by molar-refractivity contribution is 5.96. The number of rotatable bonds is 5. The van der Waals surface area contributed by atoms with Crippen LogP contribution in [0.3, 0.4) is 0 Å². The molecule has 0 aliphatic heterocycles. The highest BCUT2D eigenvalue weighted by Gasteiger charge is 2.29. The lowest BCUT2D eigenvalue weighted by Gasteiger charge is -2.24. The standard InChI is InChI=1S/C19H26N2O3/c22-12-15-4-2-1-3-5-17(15)21-19(24)14-8-10-16(11-9-14)20-18(23)13-6-7-13/h8-11,13,15,17,22H,1-7,12H2,(H,20,23)(H,21,24). The maximum absolute atomic E-state index is 12.5. The summed E-state index contributed by atoms with van der Waals surface area (Å²) in [6.07, 6.45) is 7.21. The summed E-state index contributed by atoms with van der Waals surface area (Å²) >= 11 is 0. The highest BCUT2D eigenvalue weighted by atomic mass is 16.3. The van der Waals surface area contributed by atoms with Crippen LogP contribution in [0.4, 0.5) is 5.69 Å². The Morgan fingerprint density at radius 3 is 2.38 bits per heavy atom. The van der Waals surface area contributed by atoms with E-state index < -0.39 is 0 Å². The molecule has 3 rings (SSSR count). The molecule has 5 nitrogen and oxygen atoms in total. The van der Waals surface area contributed by atoms with E-state index in [1.165, 1.54) is 0 Å². The van der Waals surface area contributed by atoms with Gasteiger partial charge in [0, 0.05) is 35.7 Å². The Balaban J connectivity index is 1.58. The summed E-state index contributed by atoms with van der Waals surface area (Å²) in [5.41, 5.74) is 1.31. The molecule has 130 valence electrons. The van der Waals surface area contributed by atoms with Crippen LogP contribution in [0.5, 0.6) is 0 Å². The molecular weight excluding hydrogens is 304 g/mol. The van der Waals surface area contributed by atoms with Crippen LogP contribution in [0.2, 0.25) is 0 Å². The number of anilines is 1. The molecule has 0 spiro atoms. The molecule has 2 unspecified atom stereocenters. The molecule has 0 saturated heterocycles. The Kier molecular flexibility index (Phi) is 5.51. The van der Waals surface area contributed by atoms with E-state index in [-0.39, 0.29) is 36.3 Å². The summed E-state index contributed by atoms with van der Waals surface area (Å²) in [5.74, 6) is 0.268. The lowest BCUT2D eigenvalue weighted by molar-refractivity contribution is -0.117. The van der Waals surface area contributed by atoms with Crippen LogP contribution in [-0.2, 0) is 4.79 Å². The van der Waals surface area contributed by atoms with Crippen LogP contribution in [0.25, 0.3) is 0 Å². The number of hydrogen-bond acceptors (Lipinski definition) is 3. The summed E-state index contributed by atoms with van der Waals surface area (Å²) < 4.78 is 0. The second-order valence-corrected chi connectivity index (χ2v) is 7.00. The molecular formula is C19H26N2O3. The van der Waals surface area contributed by atoms with Gasteiger partial charge in [-0.2, -0.15) is 0 Å². The minimum Gasteiger partial charge on any atom is -0.396 e. The van der Waals surface area contributed by atoms with Crippen LogP contribution < -0.4 is 10.6 Å². The summed E-state index contributed by atoms with van der Waals surface area (Å²) in [7, 11) is 0. The maximum atomic E-state index is 12.5. The van der Waals surface area contributed by atoms with Crippen molar-refractivity contribution in [1.82, 2.24) is 5.32 Å². The molecule has 0 heterocycles. The number of aliphatic hydroxyl groups is 1. The van der Waals surface area contributed by atoms with E-state index in [2.05, 4.69) is 10.6 Å². The molecule has 2 aliphatic rings. The lowest BCUT2D eigenvalue weighted by Crippen LogP contribution is -2.41. The van der Waals surface area contributed by atoms with Crippen LogP contribution in [0, 0.1) is 11.8 Å². The first kappa shape index (κ1) is 17.0. The Morgan fingerprint density at radius 1 is 1.00 bits per heavy atom. The second-order valence-electron chi connectivity index (χ2n) is 7.00. The van der Waals surface area contributed by atoms with Crippen molar-refractivity contribution in [3.63, 3.8) is 0 Å². The quantitative estimate of drug-likeness (QED) is 0.726. The number of nitrogens with one attached hydrogen (secondary N) is 2. The van der Waals surface area contributed by atoms with Gasteiger partial charge in [0.05, 0.1) is 0 Å². The zero-order valence-electron chi connectivity index (χ0n) is 14.0. The largest absolute Gasteiger partial charge is 0.396 e. The Hall–Kier alpha value is -1.88. The van der Waals surface area contributed by atoms with Gasteiger partial charge in [0.1, 0.15) is 0 Å². The van der Waals surface area contributed by atoms with E-state index in [4.69, 9.17) is 0 Å². The van der Waals surface area contributed by atoms with Gasteiger partial charge < -0.3 is 15.7 Å². The number of aliphatic hydroxyl groups excluding tert-OH is 1. The lowest BCUT2D eigenvalue weighted by atomic mass is 9.95. The topological polar surface area (TPSA) is 78.4 Å². The van der Waals surface area contributed by atoms with Crippen molar-refractivity contribution in [3.8, 4) is 0 Å². The van der Waals surface area contributed by atoms with E-state index in [1.807, 2.05) is 0 Å². The second kappa shape index (κ2) is 7.79. The average Bonchev–Trinajstić information content (AvgIpc) is 3.43. The fourth-order valence-corrected chi connectivity index (χ4v) is 3.34. The molecule has 24 heavy (non-hydrogen) atoms. The fourth-order valence-electron chi connectivity index (χ4n) is 3.34. The number of benzene rings is 1. The summed E-state index contributed by atoms with van der Waals surface area (Å²) in [6, 6.07) is 7.06. The van der Waals surface area contributed by atoms with Crippen molar-refractivity contribution in [3.05, 3.63) is 29.8 Å². The van der Waals surface area contributed by atoms with Gasteiger partial charge in [0.2, 0.25) is 5.91 Å². The summed E-state index contributed by atoms with van der Waals surface area (Å²) in [6.45, 7) is 0.122. The molecule has 0 aromatic heterocycles. The molecule has 5 heteroatoms. The van der Waals surface area contributed by atoms with Crippen LogP contribution >= 0.6 is 0 Å². The molecule has 0 radical (unpaired) electrons. The molecule has 1 aromatic rings. The molecule has 2 saturated carbocycles. The van der Waals surface area contributed by atoms with Crippen molar-refractivity contribution >= 4 is 17.5 Å². The van der Waals surface area contributed by atoms with Gasteiger partial charge in [-0.15, -0.1) is 0 Å². The van der Waals surface area contributed by atoms with Crippen molar-refractivity contribution in [2.75, 3.05) is 11.9 Å². The van der Waals surface area contributed by atoms with Gasteiger partial charge in [-0.3, -0.25) is 9.59 Å². The summed E-state index contributed by atoms with van der Waals surface area (Å²) in [5, 5.41) is 15.5. The molecule has 0 bridgehead atoms. The zero-order chi connectivity index (χ0) is 16.9. The molecule has 3 N–H and O–H groups in total. The van der Waals surface area contributed by atoms with Gasteiger partial charge in [-0.25, -0.2) is 0 Å². The predicted molar refractivity (Wildman–Crippen MR) is 92.7 cm³/mol. The smallest absolute Gasteiger partial charge is 0.251 e. The first-order valence-electron chi connectivity index (χ1n) is 9.00. The minimum absolute atomic E-state index is 0.0410. The predicted octanol–water partition coefficient (Wildman–Crippen LogP) is 2.71. The number of carbonyl (C=O) groups excluding carboxylic acids is 2. The van der Waals surface area contributed by atoms with Crippen molar-refractivity contribution < 1.29 is 14.7 Å². The van der Waals surface area contributed by atoms with Gasteiger partial charge in [-0.05, 0) is 49.9 Å². The van der Waals surface area contributed by atoms with Crippen molar-refractivity contribution in [2.24, 2.45) is 11.8 Å². The van der Waals surface area contributed by atoms with Gasteiger partial charge in [-0.1, -0.05) is 19.3 Å². The summed E-state index contributed by atoms with van der Waals surface area (Å²) in [4.78, 5) is 24.2. The Labute approximate surface area is 142 Å². The average molecular weight is 330 g/mol. The van der Waals surface area contributed by atoms with E-state index in [0.717, 1.165) is 50.6 Å². The Bertz CT molecular complexity index is 581. The highest BCUT2D eigenvalue weighted by Crippen LogP contribution is 2.30. The van der Waals surface area contributed by atoms with E-state index in [1.54, 1.807) is 24.3 Å². The molecule has 1 aromatic carbocycles. The first-order valence-corrected chi connectivity index (χ1v) is 9.00. The van der Waals surface area contributed by atoms with Gasteiger partial charge in [0.15, 0.2) is 0 Å². The fraction of sp³-hybridized carbons (Fsp3) is 0.579. The van der Waals surface area contributed by atoms with E-state index in [9.17, 15) is 14.7 Å². The minimum atomic E-state index is -0.111. The number of hydrogen-bond donors (Lipinski definition) is 3. The van der Waals surface area contributed by atoms with Crippen molar-refractivity contribution in [2.45, 2.75) is 51.0 Å². The van der Waals surface area contributed by atoms with Crippen LogP contribution in [-0.4, -0.2) is 29.6 Å². The zero-order valence-corrected chi connectivity index (χ0v) is 14.0. The number of amides is 2. The third-order valence-electron chi connectivity index (χ3n) is 5.07. The van der Waals surface area contributed by atoms with Gasteiger partial charge >= 0.3 is 0 Å². The molecule has 2 fully saturated rings. The first-order chi connectivity index (χ1) is 11.7. The monoisotopic (exact) mass is 330 g/mol. The number of carbonyl (C=O) groups is 2. The third kappa shape index (κ3) is 4.35. The van der Waals surface area contributed by atoms with Crippen LogP contribution in [0.15, 0.2) is 24.3 Å². The normalized spacial score (nSPS) is 24.0.